The molecule has 6 nitrogen and oxygen atoms in total. The van der Waals surface area contributed by atoms with Crippen molar-refractivity contribution in [2.45, 2.75) is 0 Å². The number of phenolic OH excluding ortho intramolecular Hbond substituents is 1. The Bertz CT molecular complexity index is 872. The first-order valence-corrected chi connectivity index (χ1v) is 8.51. The summed E-state index contributed by atoms with van der Waals surface area (Å²) in [6.07, 6.45) is 1.78. The number of carboxylic acids is 1. The Labute approximate surface area is 145 Å². The number of hydrogen-bond acceptors (Lipinski definition) is 6. The molecule has 0 atom stereocenters. The molecule has 0 saturated carbocycles. The van der Waals surface area contributed by atoms with Crippen molar-refractivity contribution >= 4 is 51.9 Å². The quantitative estimate of drug-likeness (QED) is 0.819. The maximum absolute atomic E-state index is 12.3. The smallest absolute Gasteiger partial charge is 0.338 e. The van der Waals surface area contributed by atoms with E-state index in [1.807, 2.05) is 17.5 Å². The summed E-state index contributed by atoms with van der Waals surface area (Å²) in [4.78, 5) is 30.7. The van der Waals surface area contributed by atoms with Crippen LogP contribution in [0.4, 0.5) is 5.69 Å². The minimum absolute atomic E-state index is 0.125. The van der Waals surface area contributed by atoms with E-state index in [-0.39, 0.29) is 22.9 Å². The summed E-state index contributed by atoms with van der Waals surface area (Å²) in [6, 6.07) is 7.70. The summed E-state index contributed by atoms with van der Waals surface area (Å²) in [6.45, 7) is 0. The lowest BCUT2D eigenvalue weighted by Gasteiger charge is -2.08. The molecule has 1 aliphatic rings. The summed E-state index contributed by atoms with van der Waals surface area (Å²) in [5.74, 6) is -1.54. The van der Waals surface area contributed by atoms with E-state index < -0.39 is 5.97 Å². The van der Waals surface area contributed by atoms with Crippen LogP contribution in [0.25, 0.3) is 6.08 Å². The van der Waals surface area contributed by atoms with Crippen LogP contribution >= 0.6 is 23.1 Å². The van der Waals surface area contributed by atoms with Crippen LogP contribution < -0.4 is 0 Å². The third kappa shape index (κ3) is 3.19. The second-order valence-corrected chi connectivity index (χ2v) is 6.88. The second kappa shape index (κ2) is 6.50. The van der Waals surface area contributed by atoms with Gasteiger partial charge in [0.25, 0.3) is 5.91 Å². The molecule has 0 bridgehead atoms. The molecule has 1 aromatic carbocycles. The molecule has 2 aromatic rings. The van der Waals surface area contributed by atoms with E-state index in [2.05, 4.69) is 4.99 Å². The highest BCUT2D eigenvalue weighted by Gasteiger charge is 2.30. The van der Waals surface area contributed by atoms with Crippen LogP contribution in [0.5, 0.6) is 5.75 Å². The van der Waals surface area contributed by atoms with Crippen molar-refractivity contribution in [3.8, 4) is 5.75 Å². The first-order chi connectivity index (χ1) is 11.5. The molecule has 8 heteroatoms. The van der Waals surface area contributed by atoms with Gasteiger partial charge in [0.2, 0.25) is 0 Å². The molecule has 1 saturated heterocycles. The number of amides is 1. The van der Waals surface area contributed by atoms with E-state index >= 15 is 0 Å². The highest BCUT2D eigenvalue weighted by Crippen LogP contribution is 2.35. The zero-order chi connectivity index (χ0) is 17.3. The summed E-state index contributed by atoms with van der Waals surface area (Å²) in [5, 5.41) is 21.0. The number of carbonyl (C=O) groups is 2. The Balaban J connectivity index is 1.97. The number of aromatic carboxylic acids is 1. The monoisotopic (exact) mass is 360 g/mol. The zero-order valence-electron chi connectivity index (χ0n) is 12.5. The lowest BCUT2D eigenvalue weighted by molar-refractivity contribution is -0.121. The van der Waals surface area contributed by atoms with Gasteiger partial charge in [-0.15, -0.1) is 11.3 Å². The van der Waals surface area contributed by atoms with Crippen molar-refractivity contribution in [2.75, 3.05) is 7.05 Å². The molecule has 0 spiro atoms. The number of amidine groups is 1. The molecule has 2 N–H and O–H groups in total. The third-order valence-corrected chi connectivity index (χ3v) is 5.13. The lowest BCUT2D eigenvalue weighted by Crippen LogP contribution is -2.23. The average Bonchev–Trinajstić information content (AvgIpc) is 3.14. The molecule has 1 amide bonds. The minimum Gasteiger partial charge on any atom is -0.508 e. The number of carboxylic acid groups (broad SMARTS) is 1. The normalized spacial score (nSPS) is 17.9. The van der Waals surface area contributed by atoms with E-state index in [0.717, 1.165) is 10.9 Å². The predicted octanol–water partition coefficient (Wildman–Crippen LogP) is 3.39. The minimum atomic E-state index is -1.20. The van der Waals surface area contributed by atoms with Crippen LogP contribution in [0, 0.1) is 0 Å². The fourth-order valence-corrected chi connectivity index (χ4v) is 3.75. The number of nitrogens with zero attached hydrogens (tertiary/aromatic N) is 2. The molecule has 1 aromatic heterocycles. The number of rotatable bonds is 3. The molecule has 0 unspecified atom stereocenters. The summed E-state index contributed by atoms with van der Waals surface area (Å²) in [5.41, 5.74) is 0.0551. The van der Waals surface area contributed by atoms with Gasteiger partial charge in [0.15, 0.2) is 5.17 Å². The van der Waals surface area contributed by atoms with Gasteiger partial charge in [-0.2, -0.15) is 0 Å². The summed E-state index contributed by atoms with van der Waals surface area (Å²) >= 11 is 2.70. The average molecular weight is 360 g/mol. The molecular weight excluding hydrogens is 348 g/mol. The van der Waals surface area contributed by atoms with Gasteiger partial charge in [0, 0.05) is 11.9 Å². The van der Waals surface area contributed by atoms with Crippen LogP contribution in [0.15, 0.2) is 45.6 Å². The SMILES string of the molecule is CN1C(=O)/C(=C/c2cccs2)SC1=Nc1ccc(O)cc1C(=O)O. The highest BCUT2D eigenvalue weighted by molar-refractivity contribution is 8.18. The topological polar surface area (TPSA) is 90.2 Å². The first-order valence-electron chi connectivity index (χ1n) is 6.82. The third-order valence-electron chi connectivity index (χ3n) is 3.25. The Morgan fingerprint density at radius 2 is 2.12 bits per heavy atom. The summed E-state index contributed by atoms with van der Waals surface area (Å²) < 4.78 is 0. The van der Waals surface area contributed by atoms with E-state index in [4.69, 9.17) is 0 Å². The van der Waals surface area contributed by atoms with E-state index in [1.54, 1.807) is 13.1 Å². The molecule has 2 heterocycles. The van der Waals surface area contributed by atoms with Crippen molar-refractivity contribution in [3.63, 3.8) is 0 Å². The van der Waals surface area contributed by atoms with Crippen molar-refractivity contribution in [1.29, 1.82) is 0 Å². The number of likely N-dealkylation sites (N-methyl/N-ethyl adjacent to an activating group) is 1. The molecule has 1 fully saturated rings. The van der Waals surface area contributed by atoms with Crippen LogP contribution in [0.1, 0.15) is 15.2 Å². The molecular formula is C16H12N2O4S2. The Morgan fingerprint density at radius 1 is 1.33 bits per heavy atom. The van der Waals surface area contributed by atoms with Gasteiger partial charge in [-0.05, 0) is 47.5 Å². The number of benzene rings is 1. The molecule has 122 valence electrons. The largest absolute Gasteiger partial charge is 0.508 e. The maximum Gasteiger partial charge on any atom is 0.338 e. The second-order valence-electron chi connectivity index (χ2n) is 4.89. The number of aromatic hydroxyl groups is 1. The molecule has 3 rings (SSSR count). The lowest BCUT2D eigenvalue weighted by atomic mass is 10.2. The zero-order valence-corrected chi connectivity index (χ0v) is 14.1. The van der Waals surface area contributed by atoms with Crippen LogP contribution in [-0.2, 0) is 4.79 Å². The highest BCUT2D eigenvalue weighted by atomic mass is 32.2. The Hall–Kier alpha value is -2.58. The number of aliphatic imine (C=N–C) groups is 1. The van der Waals surface area contributed by atoms with Gasteiger partial charge in [0.05, 0.1) is 16.2 Å². The Kier molecular flexibility index (Phi) is 4.41. The predicted molar refractivity (Wildman–Crippen MR) is 94.8 cm³/mol. The van der Waals surface area contributed by atoms with Crippen molar-refractivity contribution in [2.24, 2.45) is 4.99 Å². The van der Waals surface area contributed by atoms with Gasteiger partial charge >= 0.3 is 5.97 Å². The van der Waals surface area contributed by atoms with Crippen molar-refractivity contribution in [3.05, 3.63) is 51.1 Å². The van der Waals surface area contributed by atoms with Crippen LogP contribution in [-0.4, -0.2) is 39.2 Å². The van der Waals surface area contributed by atoms with Gasteiger partial charge < -0.3 is 10.2 Å². The van der Waals surface area contributed by atoms with E-state index in [0.29, 0.717) is 10.1 Å². The number of thiophene rings is 1. The fourth-order valence-electron chi connectivity index (χ4n) is 2.05. The molecule has 24 heavy (non-hydrogen) atoms. The van der Waals surface area contributed by atoms with Crippen molar-refractivity contribution < 1.29 is 19.8 Å². The van der Waals surface area contributed by atoms with E-state index in [9.17, 15) is 19.8 Å². The molecule has 0 radical (unpaired) electrons. The number of carbonyl (C=O) groups excluding carboxylic acids is 1. The first kappa shape index (κ1) is 16.3. The number of thioether (sulfide) groups is 1. The van der Waals surface area contributed by atoms with Crippen LogP contribution in [0.3, 0.4) is 0 Å². The maximum atomic E-state index is 12.3. The van der Waals surface area contributed by atoms with Crippen LogP contribution in [0.2, 0.25) is 0 Å². The molecule has 1 aliphatic heterocycles. The van der Waals surface area contributed by atoms with Gasteiger partial charge in [-0.25, -0.2) is 9.79 Å². The van der Waals surface area contributed by atoms with Crippen molar-refractivity contribution in [1.82, 2.24) is 4.90 Å². The van der Waals surface area contributed by atoms with Gasteiger partial charge in [0.1, 0.15) is 5.75 Å². The fraction of sp³-hybridized carbons (Fsp3) is 0.0625. The summed E-state index contributed by atoms with van der Waals surface area (Å²) in [7, 11) is 1.59. The number of hydrogen-bond donors (Lipinski definition) is 2. The molecule has 0 aliphatic carbocycles. The standard InChI is InChI=1S/C16H12N2O4S2/c1-18-14(20)13(8-10-3-2-6-23-10)24-16(18)17-12-5-4-9(19)7-11(12)15(21)22/h2-8,19H,1H3,(H,21,22)/b13-8-,17-16?. The Morgan fingerprint density at radius 3 is 2.79 bits per heavy atom. The van der Waals surface area contributed by atoms with E-state index in [1.165, 1.54) is 40.1 Å². The van der Waals surface area contributed by atoms with Gasteiger partial charge in [-0.1, -0.05) is 6.07 Å². The van der Waals surface area contributed by atoms with Gasteiger partial charge in [-0.3, -0.25) is 9.69 Å². The number of phenols is 1.